The second-order valence-corrected chi connectivity index (χ2v) is 4.01. The number of nitrogens with one attached hydrogen (secondary N) is 1. The van der Waals surface area contributed by atoms with Crippen LogP contribution in [0.5, 0.6) is 0 Å². The van der Waals surface area contributed by atoms with Crippen molar-refractivity contribution < 1.29 is 4.42 Å². The van der Waals surface area contributed by atoms with Crippen molar-refractivity contribution in [1.29, 1.82) is 0 Å². The molecule has 1 unspecified atom stereocenters. The number of hydrogen-bond donors (Lipinski definition) is 2. The minimum Gasteiger partial charge on any atom is -0.472 e. The Morgan fingerprint density at radius 3 is 2.69 bits per heavy atom. The van der Waals surface area contributed by atoms with Crippen LogP contribution in [0.25, 0.3) is 0 Å². The van der Waals surface area contributed by atoms with E-state index in [0.29, 0.717) is 6.04 Å². The van der Waals surface area contributed by atoms with Gasteiger partial charge in [0.25, 0.3) is 0 Å². The molecule has 92 valence electrons. The molecule has 1 atom stereocenters. The summed E-state index contributed by atoms with van der Waals surface area (Å²) in [6, 6.07) is 2.31. The molecule has 0 aliphatic rings. The van der Waals surface area contributed by atoms with Gasteiger partial charge in [0, 0.05) is 6.04 Å². The number of nitrogens with two attached hydrogens (primary N) is 1. The quantitative estimate of drug-likeness (QED) is 0.518. The van der Waals surface area contributed by atoms with Crippen molar-refractivity contribution in [2.24, 2.45) is 5.84 Å². The third kappa shape index (κ3) is 4.35. The van der Waals surface area contributed by atoms with Gasteiger partial charge in [0.1, 0.15) is 0 Å². The van der Waals surface area contributed by atoms with Gasteiger partial charge in [-0.1, -0.05) is 13.8 Å². The molecule has 4 nitrogen and oxygen atoms in total. The van der Waals surface area contributed by atoms with E-state index in [-0.39, 0.29) is 0 Å². The van der Waals surface area contributed by atoms with Crippen molar-refractivity contribution in [2.45, 2.75) is 32.7 Å². The molecule has 0 aliphatic carbocycles. The predicted molar refractivity (Wildman–Crippen MR) is 65.9 cm³/mol. The van der Waals surface area contributed by atoms with Crippen LogP contribution in [-0.4, -0.2) is 30.6 Å². The smallest absolute Gasteiger partial charge is 0.0935 e. The summed E-state index contributed by atoms with van der Waals surface area (Å²) in [6.07, 6.45) is 5.46. The van der Waals surface area contributed by atoms with Crippen LogP contribution < -0.4 is 11.3 Å². The molecule has 1 rings (SSSR count). The summed E-state index contributed by atoms with van der Waals surface area (Å²) in [5.41, 5.74) is 4.07. The summed E-state index contributed by atoms with van der Waals surface area (Å²) >= 11 is 0. The van der Waals surface area contributed by atoms with Gasteiger partial charge in [0.05, 0.1) is 12.5 Å². The van der Waals surface area contributed by atoms with Gasteiger partial charge in [0.2, 0.25) is 0 Å². The lowest BCUT2D eigenvalue weighted by Gasteiger charge is -2.21. The van der Waals surface area contributed by atoms with Gasteiger partial charge in [0.15, 0.2) is 0 Å². The van der Waals surface area contributed by atoms with E-state index in [4.69, 9.17) is 10.3 Å². The maximum absolute atomic E-state index is 5.56. The van der Waals surface area contributed by atoms with Gasteiger partial charge in [-0.25, -0.2) is 0 Å². The van der Waals surface area contributed by atoms with Crippen molar-refractivity contribution >= 4 is 0 Å². The van der Waals surface area contributed by atoms with Crippen molar-refractivity contribution in [3.63, 3.8) is 0 Å². The average Bonchev–Trinajstić information content (AvgIpc) is 2.81. The van der Waals surface area contributed by atoms with Crippen LogP contribution in [-0.2, 0) is 6.42 Å². The van der Waals surface area contributed by atoms with Gasteiger partial charge in [-0.15, -0.1) is 0 Å². The van der Waals surface area contributed by atoms with Crippen LogP contribution in [0.1, 0.15) is 25.8 Å². The highest BCUT2D eigenvalue weighted by molar-refractivity contribution is 5.07. The SMILES string of the molecule is CCN(CC)CCC(Cc1ccoc1)NN. The summed E-state index contributed by atoms with van der Waals surface area (Å²) < 4.78 is 5.05. The molecule has 0 aromatic carbocycles. The molecular formula is C12H23N3O. The lowest BCUT2D eigenvalue weighted by molar-refractivity contribution is 0.280. The number of furan rings is 1. The Labute approximate surface area is 97.8 Å². The summed E-state index contributed by atoms with van der Waals surface area (Å²) in [5.74, 6) is 5.56. The first-order valence-corrected chi connectivity index (χ1v) is 5.99. The summed E-state index contributed by atoms with van der Waals surface area (Å²) in [5, 5.41) is 0. The lowest BCUT2D eigenvalue weighted by atomic mass is 10.1. The second-order valence-electron chi connectivity index (χ2n) is 4.01. The number of rotatable bonds is 8. The van der Waals surface area contributed by atoms with Gasteiger partial charge in [-0.3, -0.25) is 11.3 Å². The van der Waals surface area contributed by atoms with Crippen molar-refractivity contribution in [3.05, 3.63) is 24.2 Å². The summed E-state index contributed by atoms with van der Waals surface area (Å²) in [6.45, 7) is 7.65. The zero-order chi connectivity index (χ0) is 11.8. The molecule has 0 aliphatic heterocycles. The maximum Gasteiger partial charge on any atom is 0.0935 e. The van der Waals surface area contributed by atoms with Gasteiger partial charge in [-0.2, -0.15) is 0 Å². The predicted octanol–water partition coefficient (Wildman–Crippen LogP) is 1.39. The monoisotopic (exact) mass is 225 g/mol. The van der Waals surface area contributed by atoms with Crippen molar-refractivity contribution in [2.75, 3.05) is 19.6 Å². The third-order valence-corrected chi connectivity index (χ3v) is 2.99. The zero-order valence-electron chi connectivity index (χ0n) is 10.3. The Balaban J connectivity index is 2.31. The number of hydrogen-bond acceptors (Lipinski definition) is 4. The van der Waals surface area contributed by atoms with Gasteiger partial charge < -0.3 is 9.32 Å². The molecule has 16 heavy (non-hydrogen) atoms. The van der Waals surface area contributed by atoms with Crippen LogP contribution in [0, 0.1) is 0 Å². The van der Waals surface area contributed by atoms with Crippen LogP contribution >= 0.6 is 0 Å². The molecule has 0 bridgehead atoms. The average molecular weight is 225 g/mol. The molecule has 0 amide bonds. The minimum atomic E-state index is 0.318. The molecular weight excluding hydrogens is 202 g/mol. The first kappa shape index (κ1) is 13.2. The van der Waals surface area contributed by atoms with Crippen LogP contribution in [0.4, 0.5) is 0 Å². The fourth-order valence-corrected chi connectivity index (χ4v) is 1.82. The van der Waals surface area contributed by atoms with Crippen molar-refractivity contribution in [3.8, 4) is 0 Å². The Morgan fingerprint density at radius 1 is 1.44 bits per heavy atom. The van der Waals surface area contributed by atoms with E-state index in [1.54, 1.807) is 12.5 Å². The Kier molecular flexibility index (Phi) is 6.15. The second kappa shape index (κ2) is 7.44. The Bertz CT molecular complexity index is 257. The number of hydrazine groups is 1. The van der Waals surface area contributed by atoms with Crippen molar-refractivity contribution in [1.82, 2.24) is 10.3 Å². The van der Waals surface area contributed by atoms with Crippen LogP contribution in [0.15, 0.2) is 23.0 Å². The Morgan fingerprint density at radius 2 is 2.19 bits per heavy atom. The molecule has 1 aromatic heterocycles. The largest absolute Gasteiger partial charge is 0.472 e. The topological polar surface area (TPSA) is 54.4 Å². The van der Waals surface area contributed by atoms with E-state index in [1.165, 1.54) is 5.56 Å². The van der Waals surface area contributed by atoms with E-state index in [9.17, 15) is 0 Å². The van der Waals surface area contributed by atoms with E-state index < -0.39 is 0 Å². The Hall–Kier alpha value is -0.840. The number of nitrogens with zero attached hydrogens (tertiary/aromatic N) is 1. The minimum absolute atomic E-state index is 0.318. The molecule has 0 saturated heterocycles. The molecule has 0 radical (unpaired) electrons. The maximum atomic E-state index is 5.56. The summed E-state index contributed by atoms with van der Waals surface area (Å²) in [4.78, 5) is 2.40. The molecule has 1 aromatic rings. The van der Waals surface area contributed by atoms with Crippen LogP contribution in [0.2, 0.25) is 0 Å². The first-order chi connectivity index (χ1) is 7.80. The third-order valence-electron chi connectivity index (χ3n) is 2.99. The van der Waals surface area contributed by atoms with E-state index in [0.717, 1.165) is 32.5 Å². The van der Waals surface area contributed by atoms with Gasteiger partial charge in [-0.05, 0) is 44.1 Å². The fourth-order valence-electron chi connectivity index (χ4n) is 1.82. The molecule has 0 fully saturated rings. The molecule has 0 saturated carbocycles. The molecule has 4 heteroatoms. The normalized spacial score (nSPS) is 13.2. The van der Waals surface area contributed by atoms with E-state index in [2.05, 4.69) is 24.2 Å². The zero-order valence-corrected chi connectivity index (χ0v) is 10.3. The fraction of sp³-hybridized carbons (Fsp3) is 0.667. The molecule has 1 heterocycles. The van der Waals surface area contributed by atoms with E-state index >= 15 is 0 Å². The highest BCUT2D eigenvalue weighted by Gasteiger charge is 2.10. The first-order valence-electron chi connectivity index (χ1n) is 5.99. The lowest BCUT2D eigenvalue weighted by Crippen LogP contribution is -2.39. The highest BCUT2D eigenvalue weighted by atomic mass is 16.3. The van der Waals surface area contributed by atoms with E-state index in [1.807, 2.05) is 6.07 Å². The van der Waals surface area contributed by atoms with Crippen LogP contribution in [0.3, 0.4) is 0 Å². The molecule has 3 N–H and O–H groups in total. The molecule has 0 spiro atoms. The summed E-state index contributed by atoms with van der Waals surface area (Å²) in [7, 11) is 0. The van der Waals surface area contributed by atoms with Gasteiger partial charge >= 0.3 is 0 Å². The standard InChI is InChI=1S/C12H23N3O/c1-3-15(4-2)7-5-12(14-13)9-11-6-8-16-10-11/h6,8,10,12,14H,3-5,7,9,13H2,1-2H3. The highest BCUT2D eigenvalue weighted by Crippen LogP contribution is 2.06.